The van der Waals surface area contributed by atoms with E-state index in [-0.39, 0.29) is 10.9 Å². The van der Waals surface area contributed by atoms with Crippen molar-refractivity contribution >= 4 is 33.6 Å². The summed E-state index contributed by atoms with van der Waals surface area (Å²) >= 11 is 0. The first kappa shape index (κ1) is 24.4. The van der Waals surface area contributed by atoms with E-state index in [1.807, 2.05) is 19.1 Å². The molecule has 2 aromatic rings. The minimum Gasteiger partial charge on any atom is -0.325 e. The summed E-state index contributed by atoms with van der Waals surface area (Å²) in [7, 11) is -2.15. The lowest BCUT2D eigenvalue weighted by atomic mass is 9.88. The second-order valence-corrected chi connectivity index (χ2v) is 10.4. The summed E-state index contributed by atoms with van der Waals surface area (Å²) in [5.41, 5.74) is 0.591. The summed E-state index contributed by atoms with van der Waals surface area (Å²) in [5.74, 6) is -1.10. The topological polar surface area (TPSA) is 116 Å². The quantitative estimate of drug-likeness (QED) is 0.601. The molecule has 0 bridgehead atoms. The molecule has 4 amide bonds. The van der Waals surface area contributed by atoms with Gasteiger partial charge in [0.25, 0.3) is 5.91 Å². The Hall–Kier alpha value is -3.24. The van der Waals surface area contributed by atoms with Crippen molar-refractivity contribution in [3.63, 3.8) is 0 Å². The minimum atomic E-state index is -3.64. The van der Waals surface area contributed by atoms with Gasteiger partial charge in [-0.25, -0.2) is 13.2 Å². The van der Waals surface area contributed by atoms with E-state index < -0.39 is 40.0 Å². The molecule has 1 aliphatic rings. The van der Waals surface area contributed by atoms with Gasteiger partial charge in [-0.2, -0.15) is 4.31 Å². The van der Waals surface area contributed by atoms with Gasteiger partial charge in [-0.05, 0) is 63.1 Å². The molecule has 0 aliphatic carbocycles. The number of amides is 4. The molecule has 0 aromatic heterocycles. The number of hydrogen-bond acceptors (Lipinski definition) is 5. The van der Waals surface area contributed by atoms with Gasteiger partial charge in [0.1, 0.15) is 12.1 Å². The first-order chi connectivity index (χ1) is 15.4. The van der Waals surface area contributed by atoms with Crippen LogP contribution < -0.4 is 10.6 Å². The zero-order valence-corrected chi connectivity index (χ0v) is 20.1. The molecule has 33 heavy (non-hydrogen) atoms. The Morgan fingerprint density at radius 1 is 1.12 bits per heavy atom. The highest BCUT2D eigenvalue weighted by Gasteiger charge is 2.50. The van der Waals surface area contributed by atoms with E-state index in [0.717, 1.165) is 10.5 Å². The average Bonchev–Trinajstić information content (AvgIpc) is 2.97. The van der Waals surface area contributed by atoms with Crippen molar-refractivity contribution in [2.75, 3.05) is 18.9 Å². The van der Waals surface area contributed by atoms with Gasteiger partial charge in [-0.3, -0.25) is 14.5 Å². The molecule has 0 radical (unpaired) electrons. The number of nitrogens with one attached hydrogen (secondary N) is 2. The Labute approximate surface area is 193 Å². The van der Waals surface area contributed by atoms with Gasteiger partial charge >= 0.3 is 6.03 Å². The third-order valence-electron chi connectivity index (χ3n) is 5.80. The molecule has 1 unspecified atom stereocenters. The molecule has 0 saturated carbocycles. The maximum atomic E-state index is 13.0. The zero-order valence-electron chi connectivity index (χ0n) is 19.2. The van der Waals surface area contributed by atoms with E-state index >= 15 is 0 Å². The number of hydrogen-bond donors (Lipinski definition) is 2. The van der Waals surface area contributed by atoms with Crippen LogP contribution in [0.4, 0.5) is 10.5 Å². The van der Waals surface area contributed by atoms with Gasteiger partial charge in [0.05, 0.1) is 4.90 Å². The number of sulfonamides is 1. The smallest absolute Gasteiger partial charge is 0.325 e. The third kappa shape index (κ3) is 4.62. The largest absolute Gasteiger partial charge is 0.325 e. The van der Waals surface area contributed by atoms with Crippen molar-refractivity contribution in [2.45, 2.75) is 44.2 Å². The fourth-order valence-electron chi connectivity index (χ4n) is 3.66. The predicted molar refractivity (Wildman–Crippen MR) is 124 cm³/mol. The molecule has 2 aromatic carbocycles. The molecule has 1 saturated heterocycles. The lowest BCUT2D eigenvalue weighted by molar-refractivity contribution is -0.133. The van der Waals surface area contributed by atoms with Crippen LogP contribution in [0.15, 0.2) is 53.4 Å². The molecule has 1 aliphatic heterocycles. The minimum absolute atomic E-state index is 0.0970. The van der Waals surface area contributed by atoms with Crippen LogP contribution in [0.25, 0.3) is 0 Å². The van der Waals surface area contributed by atoms with Crippen LogP contribution in [0, 0.1) is 6.92 Å². The van der Waals surface area contributed by atoms with E-state index in [1.54, 1.807) is 32.9 Å². The fraction of sp³-hybridized carbons (Fsp3) is 0.348. The van der Waals surface area contributed by atoms with Gasteiger partial charge in [0, 0.05) is 18.8 Å². The van der Waals surface area contributed by atoms with E-state index in [4.69, 9.17) is 0 Å². The van der Waals surface area contributed by atoms with Crippen LogP contribution in [0.3, 0.4) is 0 Å². The van der Waals surface area contributed by atoms with Crippen molar-refractivity contribution < 1.29 is 22.8 Å². The predicted octanol–water partition coefficient (Wildman–Crippen LogP) is 2.43. The summed E-state index contributed by atoms with van der Waals surface area (Å²) < 4.78 is 26.4. The monoisotopic (exact) mass is 472 g/mol. The lowest BCUT2D eigenvalue weighted by Crippen LogP contribution is -2.42. The van der Waals surface area contributed by atoms with Gasteiger partial charge in [-0.15, -0.1) is 0 Å². The highest BCUT2D eigenvalue weighted by atomic mass is 32.2. The zero-order chi connectivity index (χ0) is 24.6. The SMILES string of the molecule is Cc1ccccc1C1(C)NC(=O)N(CC(=O)Nc2ccc(S(=O)(=O)N(C)C(C)C)cc2)C1=O. The van der Waals surface area contributed by atoms with Crippen molar-refractivity contribution in [2.24, 2.45) is 0 Å². The number of carbonyl (C=O) groups is 3. The number of imide groups is 1. The molecular weight excluding hydrogens is 444 g/mol. The number of carbonyl (C=O) groups excluding carboxylic acids is 3. The average molecular weight is 473 g/mol. The standard InChI is InChI=1S/C23H28N4O5S/c1-15(2)26(5)33(31,32)18-12-10-17(11-13-18)24-20(28)14-27-21(29)23(4,25-22(27)30)19-9-7-6-8-16(19)3/h6-13,15H,14H2,1-5H3,(H,24,28)(H,25,30). The normalized spacial score (nSPS) is 18.7. The second kappa shape index (κ2) is 8.95. The van der Waals surface area contributed by atoms with Crippen LogP contribution in [0.1, 0.15) is 31.9 Å². The maximum Gasteiger partial charge on any atom is 0.325 e. The number of rotatable bonds is 7. The first-order valence-electron chi connectivity index (χ1n) is 10.5. The Kier molecular flexibility index (Phi) is 6.62. The molecule has 0 spiro atoms. The summed E-state index contributed by atoms with van der Waals surface area (Å²) in [4.78, 5) is 39.0. The highest BCUT2D eigenvalue weighted by molar-refractivity contribution is 7.89. The number of urea groups is 1. The Morgan fingerprint density at radius 3 is 2.30 bits per heavy atom. The van der Waals surface area contributed by atoms with Crippen LogP contribution >= 0.6 is 0 Å². The summed E-state index contributed by atoms with van der Waals surface area (Å²) in [6, 6.07) is 12.1. The van der Waals surface area contributed by atoms with Crippen LogP contribution in [-0.2, 0) is 25.2 Å². The Bertz CT molecular complexity index is 1190. The van der Waals surface area contributed by atoms with Crippen molar-refractivity contribution in [3.8, 4) is 0 Å². The van der Waals surface area contributed by atoms with E-state index in [0.29, 0.717) is 11.3 Å². The molecular formula is C23H28N4O5S. The number of aryl methyl sites for hydroxylation is 1. The van der Waals surface area contributed by atoms with Gasteiger partial charge in [0.15, 0.2) is 0 Å². The first-order valence-corrected chi connectivity index (χ1v) is 11.9. The molecule has 10 heteroatoms. The Morgan fingerprint density at radius 2 is 1.73 bits per heavy atom. The van der Waals surface area contributed by atoms with Crippen molar-refractivity contribution in [1.82, 2.24) is 14.5 Å². The third-order valence-corrected chi connectivity index (χ3v) is 7.85. The molecule has 1 atom stereocenters. The molecule has 176 valence electrons. The van der Waals surface area contributed by atoms with Crippen LogP contribution in [0.2, 0.25) is 0 Å². The molecule has 9 nitrogen and oxygen atoms in total. The highest BCUT2D eigenvalue weighted by Crippen LogP contribution is 2.30. The fourth-order valence-corrected chi connectivity index (χ4v) is 5.02. The van der Waals surface area contributed by atoms with Crippen LogP contribution in [0.5, 0.6) is 0 Å². The number of anilines is 1. The van der Waals surface area contributed by atoms with Crippen LogP contribution in [-0.4, -0.2) is 55.1 Å². The van der Waals surface area contributed by atoms with Gasteiger partial charge in [-0.1, -0.05) is 24.3 Å². The van der Waals surface area contributed by atoms with E-state index in [9.17, 15) is 22.8 Å². The molecule has 2 N–H and O–H groups in total. The Balaban J connectivity index is 1.71. The maximum absolute atomic E-state index is 13.0. The molecule has 1 heterocycles. The van der Waals surface area contributed by atoms with Crippen molar-refractivity contribution in [1.29, 1.82) is 0 Å². The van der Waals surface area contributed by atoms with Gasteiger partial charge < -0.3 is 10.6 Å². The molecule has 3 rings (SSSR count). The van der Waals surface area contributed by atoms with E-state index in [1.165, 1.54) is 35.6 Å². The summed E-state index contributed by atoms with van der Waals surface area (Å²) in [5, 5.41) is 5.28. The van der Waals surface area contributed by atoms with E-state index in [2.05, 4.69) is 10.6 Å². The summed E-state index contributed by atoms with van der Waals surface area (Å²) in [6.07, 6.45) is 0. The number of benzene rings is 2. The van der Waals surface area contributed by atoms with Crippen molar-refractivity contribution in [3.05, 3.63) is 59.7 Å². The summed E-state index contributed by atoms with van der Waals surface area (Å²) in [6.45, 7) is 6.53. The number of nitrogens with zero attached hydrogens (tertiary/aromatic N) is 2. The second-order valence-electron chi connectivity index (χ2n) is 8.45. The lowest BCUT2D eigenvalue weighted by Gasteiger charge is -2.24. The molecule has 1 fully saturated rings. The van der Waals surface area contributed by atoms with Gasteiger partial charge in [0.2, 0.25) is 15.9 Å².